The summed E-state index contributed by atoms with van der Waals surface area (Å²) in [4.78, 5) is 27.8. The van der Waals surface area contributed by atoms with Gasteiger partial charge < -0.3 is 9.73 Å². The molecule has 0 atom stereocenters. The van der Waals surface area contributed by atoms with E-state index < -0.39 is 5.56 Å². The van der Waals surface area contributed by atoms with E-state index in [1.807, 2.05) is 36.4 Å². The highest BCUT2D eigenvalue weighted by Gasteiger charge is 2.33. The van der Waals surface area contributed by atoms with Gasteiger partial charge in [0.25, 0.3) is 11.5 Å². The minimum Gasteiger partial charge on any atom is -0.467 e. The molecule has 1 aliphatic rings. The number of nitrogens with one attached hydrogen (secondary N) is 1. The van der Waals surface area contributed by atoms with Gasteiger partial charge in [-0.2, -0.15) is 5.26 Å². The van der Waals surface area contributed by atoms with E-state index in [2.05, 4.69) is 5.32 Å². The van der Waals surface area contributed by atoms with E-state index in [9.17, 15) is 14.9 Å². The van der Waals surface area contributed by atoms with Crippen molar-refractivity contribution in [1.82, 2.24) is 9.47 Å². The monoisotopic (exact) mass is 476 g/mol. The number of nitrogens with zero attached hydrogens (tertiary/aromatic N) is 3. The lowest BCUT2D eigenvalue weighted by Crippen LogP contribution is -2.27. The van der Waals surface area contributed by atoms with Gasteiger partial charge in [-0.15, -0.1) is 0 Å². The van der Waals surface area contributed by atoms with Crippen molar-refractivity contribution < 1.29 is 9.21 Å². The first kappa shape index (κ1) is 22.6. The molecule has 1 saturated heterocycles. The molecule has 33 heavy (non-hydrogen) atoms. The largest absolute Gasteiger partial charge is 0.467 e. The average molecular weight is 477 g/mol. The van der Waals surface area contributed by atoms with Crippen LogP contribution < -0.4 is 10.9 Å². The number of nitriles is 1. The van der Waals surface area contributed by atoms with Crippen molar-refractivity contribution in [1.29, 1.82) is 5.26 Å². The molecule has 0 spiro atoms. The first-order valence-corrected chi connectivity index (χ1v) is 11.3. The van der Waals surface area contributed by atoms with E-state index in [4.69, 9.17) is 16.6 Å². The molecule has 3 aromatic rings. The van der Waals surface area contributed by atoms with Crippen molar-refractivity contribution >= 4 is 46.1 Å². The molecule has 7 nitrogen and oxygen atoms in total. The normalized spacial score (nSPS) is 14.7. The first-order valence-electron chi connectivity index (χ1n) is 10.1. The second kappa shape index (κ2) is 9.48. The summed E-state index contributed by atoms with van der Waals surface area (Å²) in [6.45, 7) is 2.42. The molecule has 0 unspecified atom stereocenters. The van der Waals surface area contributed by atoms with Crippen LogP contribution in [0, 0.1) is 18.3 Å². The molecular formula is C24H20N4O3S2. The van der Waals surface area contributed by atoms with Crippen molar-refractivity contribution in [2.45, 2.75) is 20.0 Å². The van der Waals surface area contributed by atoms with E-state index >= 15 is 0 Å². The number of thiocarbonyl (C=S) groups is 1. The summed E-state index contributed by atoms with van der Waals surface area (Å²) < 4.78 is 7.18. The maximum Gasteiger partial charge on any atom is 0.270 e. The van der Waals surface area contributed by atoms with Gasteiger partial charge in [0.05, 0.1) is 17.7 Å². The maximum atomic E-state index is 13.1. The van der Waals surface area contributed by atoms with Crippen LogP contribution >= 0.6 is 24.0 Å². The van der Waals surface area contributed by atoms with Crippen LogP contribution in [0.25, 0.3) is 6.08 Å². The Hall–Kier alpha value is -3.61. The molecule has 166 valence electrons. The van der Waals surface area contributed by atoms with Gasteiger partial charge in [-0.05, 0) is 36.3 Å². The molecule has 1 aliphatic heterocycles. The van der Waals surface area contributed by atoms with E-state index in [1.165, 1.54) is 21.2 Å². The van der Waals surface area contributed by atoms with E-state index in [0.717, 1.165) is 5.56 Å². The molecule has 4 rings (SSSR count). The van der Waals surface area contributed by atoms with Crippen molar-refractivity contribution in [2.75, 3.05) is 5.32 Å². The molecule has 0 bridgehead atoms. The Morgan fingerprint density at radius 3 is 2.64 bits per heavy atom. The van der Waals surface area contributed by atoms with Crippen molar-refractivity contribution in [3.8, 4) is 6.07 Å². The summed E-state index contributed by atoms with van der Waals surface area (Å²) >= 11 is 6.61. The fraction of sp³-hybridized carbons (Fsp3) is 0.167. The Morgan fingerprint density at radius 1 is 1.21 bits per heavy atom. The molecule has 0 saturated carbocycles. The van der Waals surface area contributed by atoms with E-state index in [1.54, 1.807) is 38.4 Å². The molecule has 0 radical (unpaired) electrons. The highest BCUT2D eigenvalue weighted by atomic mass is 32.2. The van der Waals surface area contributed by atoms with Gasteiger partial charge in [-0.1, -0.05) is 54.3 Å². The number of hydrogen-bond donors (Lipinski definition) is 1. The van der Waals surface area contributed by atoms with E-state index in [-0.39, 0.29) is 18.0 Å². The maximum absolute atomic E-state index is 13.1. The van der Waals surface area contributed by atoms with Crippen LogP contribution in [0.15, 0.2) is 62.8 Å². The highest BCUT2D eigenvalue weighted by Crippen LogP contribution is 2.35. The summed E-state index contributed by atoms with van der Waals surface area (Å²) in [5.74, 6) is 0.904. The SMILES string of the molecule is Cc1c(/C=C2/SC(=S)N(Cc3ccco3)C2=O)c(NCc2ccccc2)n(C)c(=O)c1C#N. The first-order chi connectivity index (χ1) is 15.9. The number of aromatic nitrogens is 1. The van der Waals surface area contributed by atoms with Crippen LogP contribution in [0.3, 0.4) is 0 Å². The Bertz CT molecular complexity index is 1350. The minimum absolute atomic E-state index is 0.0417. The second-order valence-electron chi connectivity index (χ2n) is 7.42. The van der Waals surface area contributed by atoms with Gasteiger partial charge in [-0.3, -0.25) is 19.1 Å². The topological polar surface area (TPSA) is 91.3 Å². The average Bonchev–Trinajstić information content (AvgIpc) is 3.42. The number of pyridine rings is 1. The van der Waals surface area contributed by atoms with Gasteiger partial charge in [-0.25, -0.2) is 0 Å². The Labute approximate surface area is 200 Å². The van der Waals surface area contributed by atoms with Crippen molar-refractivity contribution in [3.05, 3.63) is 92.0 Å². The quantitative estimate of drug-likeness (QED) is 0.422. The second-order valence-corrected chi connectivity index (χ2v) is 9.10. The summed E-state index contributed by atoms with van der Waals surface area (Å²) in [5.41, 5.74) is 1.78. The molecule has 1 amide bonds. The van der Waals surface area contributed by atoms with Crippen LogP contribution in [0.2, 0.25) is 0 Å². The Morgan fingerprint density at radius 2 is 1.97 bits per heavy atom. The minimum atomic E-state index is -0.395. The number of benzene rings is 1. The smallest absolute Gasteiger partial charge is 0.270 e. The van der Waals surface area contributed by atoms with Gasteiger partial charge in [0, 0.05) is 19.2 Å². The molecule has 1 aromatic carbocycles. The number of rotatable bonds is 6. The third-order valence-corrected chi connectivity index (χ3v) is 6.72. The summed E-state index contributed by atoms with van der Waals surface area (Å²) in [6, 6.07) is 15.3. The molecule has 2 aromatic heterocycles. The van der Waals surface area contributed by atoms with Crippen molar-refractivity contribution in [2.24, 2.45) is 7.05 Å². The van der Waals surface area contributed by atoms with Gasteiger partial charge in [0.15, 0.2) is 0 Å². The summed E-state index contributed by atoms with van der Waals surface area (Å²) in [7, 11) is 1.61. The fourth-order valence-corrected chi connectivity index (χ4v) is 4.79. The number of amides is 1. The molecule has 0 aliphatic carbocycles. The predicted molar refractivity (Wildman–Crippen MR) is 132 cm³/mol. The third-order valence-electron chi connectivity index (χ3n) is 5.35. The predicted octanol–water partition coefficient (Wildman–Crippen LogP) is 4.17. The number of carbonyl (C=O) groups is 1. The number of anilines is 1. The summed E-state index contributed by atoms with van der Waals surface area (Å²) in [5, 5.41) is 12.9. The van der Waals surface area contributed by atoms with Gasteiger partial charge in [0.1, 0.15) is 27.5 Å². The van der Waals surface area contributed by atoms with Crippen LogP contribution in [0.4, 0.5) is 5.82 Å². The van der Waals surface area contributed by atoms with Crippen molar-refractivity contribution in [3.63, 3.8) is 0 Å². The molecule has 3 heterocycles. The van der Waals surface area contributed by atoms with Crippen LogP contribution in [-0.2, 0) is 24.9 Å². The lowest BCUT2D eigenvalue weighted by atomic mass is 10.0. The fourth-order valence-electron chi connectivity index (χ4n) is 3.55. The standard InChI is InChI=1S/C24H20N4O3S2/c1-15-18(11-20-23(30)28(24(32)33-20)14-17-9-6-10-31-17)21(27(2)22(29)19(15)12-25)26-13-16-7-4-3-5-8-16/h3-11,26H,13-14H2,1-2H3/b20-11+. The molecule has 9 heteroatoms. The number of thioether (sulfide) groups is 1. The summed E-state index contributed by atoms with van der Waals surface area (Å²) in [6.07, 6.45) is 3.25. The van der Waals surface area contributed by atoms with Gasteiger partial charge >= 0.3 is 0 Å². The third kappa shape index (κ3) is 4.49. The van der Waals surface area contributed by atoms with Crippen LogP contribution in [0.1, 0.15) is 28.0 Å². The van der Waals surface area contributed by atoms with Gasteiger partial charge in [0.2, 0.25) is 0 Å². The van der Waals surface area contributed by atoms with E-state index in [0.29, 0.717) is 38.5 Å². The highest BCUT2D eigenvalue weighted by molar-refractivity contribution is 8.26. The zero-order chi connectivity index (χ0) is 23.5. The lowest BCUT2D eigenvalue weighted by molar-refractivity contribution is -0.122. The Balaban J connectivity index is 1.74. The molecule has 1 N–H and O–H groups in total. The zero-order valence-corrected chi connectivity index (χ0v) is 19.6. The lowest BCUT2D eigenvalue weighted by Gasteiger charge is -2.18. The number of carbonyl (C=O) groups excluding carboxylic acids is 1. The molecule has 1 fully saturated rings. The Kier molecular flexibility index (Phi) is 6.49. The molecular weight excluding hydrogens is 456 g/mol. The van der Waals surface area contributed by atoms with Crippen LogP contribution in [-0.4, -0.2) is 19.7 Å². The number of hydrogen-bond acceptors (Lipinski definition) is 7. The zero-order valence-electron chi connectivity index (χ0n) is 18.0. The number of furan rings is 1. The van der Waals surface area contributed by atoms with Crippen LogP contribution in [0.5, 0.6) is 0 Å².